The van der Waals surface area contributed by atoms with Gasteiger partial charge in [-0.2, -0.15) is 0 Å². The second-order valence-electron chi connectivity index (χ2n) is 4.92. The van der Waals surface area contributed by atoms with Crippen molar-refractivity contribution in [2.24, 2.45) is 11.8 Å². The minimum atomic E-state index is -3.49. The Morgan fingerprint density at radius 2 is 1.95 bits per heavy atom. The highest BCUT2D eigenvalue weighted by atomic mass is 79.9. The smallest absolute Gasteiger partial charge is 0.241 e. The van der Waals surface area contributed by atoms with Crippen molar-refractivity contribution in [1.29, 1.82) is 0 Å². The van der Waals surface area contributed by atoms with Gasteiger partial charge in [0, 0.05) is 17.6 Å². The van der Waals surface area contributed by atoms with Crippen molar-refractivity contribution in [2.45, 2.75) is 24.2 Å². The summed E-state index contributed by atoms with van der Waals surface area (Å²) in [5.74, 6) is 0.462. The van der Waals surface area contributed by atoms with Gasteiger partial charge >= 0.3 is 0 Å². The van der Waals surface area contributed by atoms with Gasteiger partial charge in [0.15, 0.2) is 0 Å². The number of hydrogen-bond acceptors (Lipinski definition) is 3. The molecule has 0 radical (unpaired) electrons. The van der Waals surface area contributed by atoms with E-state index < -0.39 is 10.0 Å². The molecular formula is C13H18BrNO3S. The van der Waals surface area contributed by atoms with Crippen molar-refractivity contribution in [1.82, 2.24) is 4.72 Å². The lowest BCUT2D eigenvalue weighted by Crippen LogP contribution is -2.31. The average Bonchev–Trinajstić information content (AvgIpc) is 2.84. The number of sulfonamides is 1. The summed E-state index contributed by atoms with van der Waals surface area (Å²) >= 11 is 3.25. The molecule has 6 heteroatoms. The Bertz CT molecular complexity index is 532. The van der Waals surface area contributed by atoms with E-state index in [1.165, 1.54) is 0 Å². The molecule has 2 atom stereocenters. The second kappa shape index (κ2) is 6.35. The molecule has 19 heavy (non-hydrogen) atoms. The standard InChI is InChI=1S/C13H18BrNO3S/c14-12-6-1-2-7-13(12)19(17,18)15-8-10-4-3-5-11(10)9-16/h1-2,6-7,10-11,15-16H,3-5,8-9H2. The first-order chi connectivity index (χ1) is 9.04. The summed E-state index contributed by atoms with van der Waals surface area (Å²) in [6.07, 6.45) is 3.02. The van der Waals surface area contributed by atoms with Crippen LogP contribution in [0.25, 0.3) is 0 Å². The largest absolute Gasteiger partial charge is 0.396 e. The summed E-state index contributed by atoms with van der Waals surface area (Å²) in [4.78, 5) is 0.258. The van der Waals surface area contributed by atoms with Gasteiger partial charge < -0.3 is 5.11 Å². The molecule has 0 bridgehead atoms. The predicted octanol–water partition coefficient (Wildman–Crippen LogP) is 2.14. The molecule has 0 spiro atoms. The maximum atomic E-state index is 12.2. The predicted molar refractivity (Wildman–Crippen MR) is 77.2 cm³/mol. The summed E-state index contributed by atoms with van der Waals surface area (Å²) in [7, 11) is -3.49. The van der Waals surface area contributed by atoms with Crippen LogP contribution in [0.4, 0.5) is 0 Å². The van der Waals surface area contributed by atoms with E-state index in [1.54, 1.807) is 24.3 Å². The van der Waals surface area contributed by atoms with Crippen LogP contribution in [0.15, 0.2) is 33.6 Å². The molecule has 0 saturated heterocycles. The summed E-state index contributed by atoms with van der Waals surface area (Å²) in [5.41, 5.74) is 0. The Kier molecular flexibility index (Phi) is 5.00. The average molecular weight is 348 g/mol. The molecule has 4 nitrogen and oxygen atoms in total. The third-order valence-electron chi connectivity index (χ3n) is 3.71. The Hall–Kier alpha value is -0.430. The molecule has 1 fully saturated rings. The highest BCUT2D eigenvalue weighted by molar-refractivity contribution is 9.10. The summed E-state index contributed by atoms with van der Waals surface area (Å²) in [5, 5.41) is 9.24. The van der Waals surface area contributed by atoms with Crippen LogP contribution in [0.3, 0.4) is 0 Å². The molecule has 0 aromatic heterocycles. The Balaban J connectivity index is 2.04. The number of hydrogen-bond donors (Lipinski definition) is 2. The van der Waals surface area contributed by atoms with E-state index in [4.69, 9.17) is 0 Å². The van der Waals surface area contributed by atoms with Crippen molar-refractivity contribution in [2.75, 3.05) is 13.2 Å². The van der Waals surface area contributed by atoms with Gasteiger partial charge in [0.05, 0.1) is 4.90 Å². The first kappa shape index (κ1) is 15.0. The molecule has 2 rings (SSSR count). The summed E-state index contributed by atoms with van der Waals surface area (Å²) in [6, 6.07) is 6.76. The highest BCUT2D eigenvalue weighted by Gasteiger charge is 2.28. The minimum Gasteiger partial charge on any atom is -0.396 e. The molecular weight excluding hydrogens is 330 g/mol. The molecule has 2 N–H and O–H groups in total. The van der Waals surface area contributed by atoms with Crippen molar-refractivity contribution >= 4 is 26.0 Å². The van der Waals surface area contributed by atoms with E-state index in [1.807, 2.05) is 0 Å². The zero-order valence-electron chi connectivity index (χ0n) is 10.5. The molecule has 1 saturated carbocycles. The van der Waals surface area contributed by atoms with E-state index in [2.05, 4.69) is 20.7 Å². The lowest BCUT2D eigenvalue weighted by atomic mass is 9.97. The maximum absolute atomic E-state index is 12.2. The Morgan fingerprint density at radius 1 is 1.26 bits per heavy atom. The van der Waals surface area contributed by atoms with E-state index >= 15 is 0 Å². The fourth-order valence-electron chi connectivity index (χ4n) is 2.58. The number of aliphatic hydroxyl groups excluding tert-OH is 1. The fraction of sp³-hybridized carbons (Fsp3) is 0.538. The molecule has 2 unspecified atom stereocenters. The molecule has 0 aliphatic heterocycles. The molecule has 1 aliphatic carbocycles. The first-order valence-electron chi connectivity index (χ1n) is 6.39. The summed E-state index contributed by atoms with van der Waals surface area (Å²) < 4.78 is 27.6. The monoisotopic (exact) mass is 347 g/mol. The number of rotatable bonds is 5. The van der Waals surface area contributed by atoms with Gasteiger partial charge in [-0.3, -0.25) is 0 Å². The van der Waals surface area contributed by atoms with Gasteiger partial charge in [-0.25, -0.2) is 13.1 Å². The van der Waals surface area contributed by atoms with Crippen LogP contribution in [0, 0.1) is 11.8 Å². The van der Waals surface area contributed by atoms with Crippen molar-refractivity contribution in [3.8, 4) is 0 Å². The van der Waals surface area contributed by atoms with Crippen LogP contribution in [0.1, 0.15) is 19.3 Å². The van der Waals surface area contributed by atoms with Crippen molar-refractivity contribution in [3.63, 3.8) is 0 Å². The normalized spacial score (nSPS) is 23.7. The molecule has 1 aliphatic rings. The molecule has 0 heterocycles. The van der Waals surface area contributed by atoms with Gasteiger partial charge in [0.1, 0.15) is 0 Å². The minimum absolute atomic E-state index is 0.140. The van der Waals surface area contributed by atoms with E-state index in [0.717, 1.165) is 19.3 Å². The van der Waals surface area contributed by atoms with Gasteiger partial charge in [-0.05, 0) is 52.7 Å². The Morgan fingerprint density at radius 3 is 2.63 bits per heavy atom. The zero-order chi connectivity index (χ0) is 13.9. The van der Waals surface area contributed by atoms with Crippen LogP contribution in [0.2, 0.25) is 0 Å². The van der Waals surface area contributed by atoms with Crippen LogP contribution < -0.4 is 4.72 Å². The van der Waals surface area contributed by atoms with Gasteiger partial charge in [-0.1, -0.05) is 18.6 Å². The quantitative estimate of drug-likeness (QED) is 0.857. The molecule has 1 aromatic rings. The zero-order valence-corrected chi connectivity index (χ0v) is 13.0. The van der Waals surface area contributed by atoms with Gasteiger partial charge in [0.25, 0.3) is 0 Å². The first-order valence-corrected chi connectivity index (χ1v) is 8.67. The maximum Gasteiger partial charge on any atom is 0.241 e. The highest BCUT2D eigenvalue weighted by Crippen LogP contribution is 2.31. The van der Waals surface area contributed by atoms with E-state index in [9.17, 15) is 13.5 Å². The molecule has 0 amide bonds. The lowest BCUT2D eigenvalue weighted by molar-refractivity contribution is 0.195. The van der Waals surface area contributed by atoms with Crippen molar-refractivity contribution in [3.05, 3.63) is 28.7 Å². The summed E-state index contributed by atoms with van der Waals surface area (Å²) in [6.45, 7) is 0.538. The van der Waals surface area contributed by atoms with Crippen LogP contribution in [-0.2, 0) is 10.0 Å². The Labute approximate surface area is 122 Å². The molecule has 106 valence electrons. The van der Waals surface area contributed by atoms with Crippen LogP contribution in [-0.4, -0.2) is 26.7 Å². The van der Waals surface area contributed by atoms with Gasteiger partial charge in [-0.15, -0.1) is 0 Å². The second-order valence-corrected chi connectivity index (χ2v) is 7.51. The van der Waals surface area contributed by atoms with E-state index in [-0.39, 0.29) is 23.3 Å². The van der Waals surface area contributed by atoms with Crippen LogP contribution >= 0.6 is 15.9 Å². The number of aliphatic hydroxyl groups is 1. The fourth-order valence-corrected chi connectivity index (χ4v) is 4.68. The topological polar surface area (TPSA) is 66.4 Å². The SMILES string of the molecule is O=S(=O)(NCC1CCCC1CO)c1ccccc1Br. The van der Waals surface area contributed by atoms with Gasteiger partial charge in [0.2, 0.25) is 10.0 Å². The lowest BCUT2D eigenvalue weighted by Gasteiger charge is -2.18. The number of benzene rings is 1. The number of nitrogens with one attached hydrogen (secondary N) is 1. The van der Waals surface area contributed by atoms with Crippen molar-refractivity contribution < 1.29 is 13.5 Å². The van der Waals surface area contributed by atoms with Crippen LogP contribution in [0.5, 0.6) is 0 Å². The third-order valence-corrected chi connectivity index (χ3v) is 6.15. The number of halogens is 1. The molecule has 1 aromatic carbocycles. The van der Waals surface area contributed by atoms with E-state index in [0.29, 0.717) is 11.0 Å². The third kappa shape index (κ3) is 3.56.